The Hall–Kier alpha value is -1.82. The van der Waals surface area contributed by atoms with Crippen LogP contribution in [-0.2, 0) is 7.05 Å². The Morgan fingerprint density at radius 3 is 3.00 bits per heavy atom. The second kappa shape index (κ2) is 4.87. The highest BCUT2D eigenvalue weighted by atomic mass is 32.2. The molecule has 108 valence electrons. The Balaban J connectivity index is 1.83. The zero-order valence-corrected chi connectivity index (χ0v) is 12.5. The SMILES string of the molecule is Cn1c2ccncc2c2ccc(N3CCC(SF)C3)nc21. The summed E-state index contributed by atoms with van der Waals surface area (Å²) in [6.45, 7) is 1.59. The first-order valence-electron chi connectivity index (χ1n) is 6.99. The third kappa shape index (κ3) is 1.97. The van der Waals surface area contributed by atoms with Crippen molar-refractivity contribution in [2.45, 2.75) is 11.7 Å². The number of pyridine rings is 2. The van der Waals surface area contributed by atoms with Gasteiger partial charge in [-0.3, -0.25) is 4.98 Å². The lowest BCUT2D eigenvalue weighted by atomic mass is 10.2. The normalized spacial score (nSPS) is 19.0. The monoisotopic (exact) mass is 302 g/mol. The summed E-state index contributed by atoms with van der Waals surface area (Å²) in [4.78, 5) is 11.2. The minimum absolute atomic E-state index is 0.0687. The Morgan fingerprint density at radius 2 is 2.19 bits per heavy atom. The molecule has 3 aromatic rings. The molecule has 1 atom stereocenters. The molecular formula is C15H15FN4S. The summed E-state index contributed by atoms with van der Waals surface area (Å²) in [5.74, 6) is 0.929. The zero-order valence-electron chi connectivity index (χ0n) is 11.7. The van der Waals surface area contributed by atoms with Crippen LogP contribution in [0.1, 0.15) is 6.42 Å². The Bertz CT molecular complexity index is 816. The van der Waals surface area contributed by atoms with Crippen LogP contribution in [0, 0.1) is 0 Å². The van der Waals surface area contributed by atoms with Crippen LogP contribution in [0.3, 0.4) is 0 Å². The molecule has 6 heteroatoms. The lowest BCUT2D eigenvalue weighted by molar-refractivity contribution is 0.873. The molecule has 1 aliphatic rings. The van der Waals surface area contributed by atoms with Crippen LogP contribution in [-0.4, -0.2) is 32.9 Å². The predicted molar refractivity (Wildman–Crippen MR) is 85.3 cm³/mol. The molecule has 1 saturated heterocycles. The highest BCUT2D eigenvalue weighted by molar-refractivity contribution is 7.95. The molecule has 1 fully saturated rings. The summed E-state index contributed by atoms with van der Waals surface area (Å²) in [6, 6.07) is 6.12. The first-order valence-corrected chi connectivity index (χ1v) is 7.77. The van der Waals surface area contributed by atoms with Gasteiger partial charge in [-0.25, -0.2) is 4.98 Å². The van der Waals surface area contributed by atoms with Crippen molar-refractivity contribution in [1.29, 1.82) is 0 Å². The van der Waals surface area contributed by atoms with E-state index in [1.165, 1.54) is 0 Å². The van der Waals surface area contributed by atoms with Crippen LogP contribution in [0.4, 0.5) is 9.70 Å². The molecule has 0 N–H and O–H groups in total. The molecule has 3 aromatic heterocycles. The number of halogens is 1. The van der Waals surface area contributed by atoms with E-state index < -0.39 is 0 Å². The van der Waals surface area contributed by atoms with Gasteiger partial charge in [-0.1, -0.05) is 0 Å². The van der Waals surface area contributed by atoms with Gasteiger partial charge in [0.1, 0.15) is 11.5 Å². The van der Waals surface area contributed by atoms with Gasteiger partial charge in [0.05, 0.1) is 10.8 Å². The molecule has 0 spiro atoms. The van der Waals surface area contributed by atoms with Gasteiger partial charge in [0.2, 0.25) is 0 Å². The van der Waals surface area contributed by atoms with E-state index >= 15 is 0 Å². The van der Waals surface area contributed by atoms with E-state index in [-0.39, 0.29) is 5.25 Å². The van der Waals surface area contributed by atoms with E-state index in [2.05, 4.69) is 20.5 Å². The van der Waals surface area contributed by atoms with E-state index in [0.29, 0.717) is 12.1 Å². The Labute approximate surface area is 126 Å². The first kappa shape index (κ1) is 12.9. The van der Waals surface area contributed by atoms with E-state index in [1.807, 2.05) is 25.4 Å². The number of rotatable bonds is 2. The van der Waals surface area contributed by atoms with Crippen molar-refractivity contribution in [1.82, 2.24) is 14.5 Å². The molecular weight excluding hydrogens is 287 g/mol. The van der Waals surface area contributed by atoms with Crippen molar-refractivity contribution in [3.63, 3.8) is 0 Å². The number of aromatic nitrogens is 3. The number of aryl methyl sites for hydroxylation is 1. The van der Waals surface area contributed by atoms with E-state index in [0.717, 1.165) is 47.3 Å². The average molecular weight is 302 g/mol. The number of fused-ring (bicyclic) bond motifs is 3. The predicted octanol–water partition coefficient (Wildman–Crippen LogP) is 3.32. The topological polar surface area (TPSA) is 34.0 Å². The first-order chi connectivity index (χ1) is 10.3. The van der Waals surface area contributed by atoms with Crippen LogP contribution in [0.2, 0.25) is 0 Å². The maximum absolute atomic E-state index is 12.7. The summed E-state index contributed by atoms with van der Waals surface area (Å²) in [7, 11) is 2.02. The van der Waals surface area contributed by atoms with E-state index in [1.54, 1.807) is 6.20 Å². The maximum atomic E-state index is 12.7. The van der Waals surface area contributed by atoms with Gasteiger partial charge in [-0.05, 0) is 24.6 Å². The molecule has 0 saturated carbocycles. The number of hydrogen-bond donors (Lipinski definition) is 0. The smallest absolute Gasteiger partial charge is 0.143 e. The van der Waals surface area contributed by atoms with Crippen LogP contribution >= 0.6 is 12.1 Å². The molecule has 0 amide bonds. The highest BCUT2D eigenvalue weighted by Crippen LogP contribution is 2.30. The Kier molecular flexibility index (Phi) is 2.99. The average Bonchev–Trinajstić information content (AvgIpc) is 3.12. The van der Waals surface area contributed by atoms with Crippen molar-refractivity contribution in [2.75, 3.05) is 18.0 Å². The lowest BCUT2D eigenvalue weighted by Gasteiger charge is -2.16. The minimum Gasteiger partial charge on any atom is -0.355 e. The van der Waals surface area contributed by atoms with Gasteiger partial charge in [0.25, 0.3) is 0 Å². The molecule has 1 unspecified atom stereocenters. The van der Waals surface area contributed by atoms with Gasteiger partial charge >= 0.3 is 0 Å². The molecule has 1 aliphatic heterocycles. The fraction of sp³-hybridized carbons (Fsp3) is 0.333. The molecule has 21 heavy (non-hydrogen) atoms. The van der Waals surface area contributed by atoms with Crippen molar-refractivity contribution in [3.05, 3.63) is 30.6 Å². The summed E-state index contributed by atoms with van der Waals surface area (Å²) in [6.07, 6.45) is 4.55. The molecule has 0 bridgehead atoms. The van der Waals surface area contributed by atoms with Crippen molar-refractivity contribution >= 4 is 39.9 Å². The van der Waals surface area contributed by atoms with Crippen molar-refractivity contribution in [2.24, 2.45) is 7.05 Å². The van der Waals surface area contributed by atoms with Crippen LogP contribution < -0.4 is 4.90 Å². The van der Waals surface area contributed by atoms with Gasteiger partial charge in [0, 0.05) is 55.5 Å². The fourth-order valence-corrected chi connectivity index (χ4v) is 3.52. The second-order valence-corrected chi connectivity index (χ2v) is 6.28. The largest absolute Gasteiger partial charge is 0.355 e. The highest BCUT2D eigenvalue weighted by Gasteiger charge is 2.25. The van der Waals surface area contributed by atoms with Crippen LogP contribution in [0.15, 0.2) is 30.6 Å². The van der Waals surface area contributed by atoms with Crippen molar-refractivity contribution in [3.8, 4) is 0 Å². The second-order valence-electron chi connectivity index (χ2n) is 5.44. The zero-order chi connectivity index (χ0) is 14.4. The maximum Gasteiger partial charge on any atom is 0.143 e. The molecule has 4 rings (SSSR count). The molecule has 0 aliphatic carbocycles. The molecule has 0 radical (unpaired) electrons. The van der Waals surface area contributed by atoms with E-state index in [4.69, 9.17) is 4.98 Å². The summed E-state index contributed by atoms with van der Waals surface area (Å²) < 4.78 is 14.8. The molecule has 4 heterocycles. The Morgan fingerprint density at radius 1 is 1.29 bits per heavy atom. The third-order valence-corrected chi connectivity index (χ3v) is 4.86. The van der Waals surface area contributed by atoms with Crippen LogP contribution in [0.25, 0.3) is 21.9 Å². The van der Waals surface area contributed by atoms with Crippen molar-refractivity contribution < 1.29 is 3.89 Å². The fourth-order valence-electron chi connectivity index (χ4n) is 3.09. The molecule has 4 nitrogen and oxygen atoms in total. The number of anilines is 1. The number of nitrogens with zero attached hydrogens (tertiary/aromatic N) is 4. The van der Waals surface area contributed by atoms with E-state index in [9.17, 15) is 3.89 Å². The van der Waals surface area contributed by atoms with Crippen LogP contribution in [0.5, 0.6) is 0 Å². The summed E-state index contributed by atoms with van der Waals surface area (Å²) in [5.41, 5.74) is 2.08. The molecule has 0 aromatic carbocycles. The van der Waals surface area contributed by atoms with Gasteiger partial charge in [0.15, 0.2) is 0 Å². The third-order valence-electron chi connectivity index (χ3n) is 4.22. The number of hydrogen-bond acceptors (Lipinski definition) is 4. The summed E-state index contributed by atoms with van der Waals surface area (Å²) >= 11 is 0.458. The van der Waals surface area contributed by atoms with Gasteiger partial charge in [-0.2, -0.15) is 3.89 Å². The van der Waals surface area contributed by atoms with Gasteiger partial charge < -0.3 is 9.47 Å². The summed E-state index contributed by atoms with van der Waals surface area (Å²) in [5, 5.41) is 2.30. The quantitative estimate of drug-likeness (QED) is 0.727. The standard InChI is InChI=1S/C15H15FN4S/c1-19-13-4-6-17-8-12(13)11-2-3-14(18-15(11)19)20-7-5-10(9-20)21-16/h2-4,6,8,10H,5,7,9H2,1H3. The lowest BCUT2D eigenvalue weighted by Crippen LogP contribution is -2.21. The van der Waals surface area contributed by atoms with Gasteiger partial charge in [-0.15, -0.1) is 0 Å². The minimum atomic E-state index is 0.0687.